The number of rotatable bonds is 5. The molecule has 0 saturated carbocycles. The van der Waals surface area contributed by atoms with Gasteiger partial charge in [-0.05, 0) is 31.2 Å². The molecule has 0 N–H and O–H groups in total. The third-order valence-electron chi connectivity index (χ3n) is 4.59. The molecule has 0 bridgehead atoms. The topological polar surface area (TPSA) is 77.6 Å². The summed E-state index contributed by atoms with van der Waals surface area (Å²) in [7, 11) is 1.69. The molecule has 0 fully saturated rings. The molecule has 142 valence electrons. The Bertz CT molecular complexity index is 1230. The van der Waals surface area contributed by atoms with E-state index in [9.17, 15) is 9.59 Å². The lowest BCUT2D eigenvalue weighted by molar-refractivity contribution is -0.119. The minimum Gasteiger partial charge on any atom is -0.492 e. The minimum absolute atomic E-state index is 0.0199. The van der Waals surface area contributed by atoms with Crippen molar-refractivity contribution in [1.29, 1.82) is 0 Å². The molecule has 2 aromatic heterocycles. The van der Waals surface area contributed by atoms with E-state index < -0.39 is 5.63 Å². The molecule has 0 aliphatic carbocycles. The minimum atomic E-state index is -0.470. The van der Waals surface area contributed by atoms with Gasteiger partial charge in [0.25, 0.3) is 0 Å². The number of hydrogen-bond acceptors (Lipinski definition) is 5. The third kappa shape index (κ3) is 3.00. The maximum absolute atomic E-state index is 12.9. The fourth-order valence-electron chi connectivity index (χ4n) is 3.23. The molecule has 4 aromatic rings. The maximum atomic E-state index is 12.9. The number of aromatic nitrogens is 2. The van der Waals surface area contributed by atoms with Crippen LogP contribution in [-0.2, 0) is 11.3 Å². The van der Waals surface area contributed by atoms with Crippen molar-refractivity contribution in [2.45, 2.75) is 13.5 Å². The highest BCUT2D eigenvalue weighted by Gasteiger charge is 2.19. The first-order valence-corrected chi connectivity index (χ1v) is 8.96. The number of fused-ring (bicyclic) bond motifs is 3. The van der Waals surface area contributed by atoms with Gasteiger partial charge in [0, 0.05) is 12.4 Å². The average Bonchev–Trinajstić information content (AvgIpc) is 3.13. The van der Waals surface area contributed by atoms with Gasteiger partial charge < -0.3 is 14.1 Å². The predicted molar refractivity (Wildman–Crippen MR) is 107 cm³/mol. The SMILES string of the molecule is CCOc1ccccc1N(C)C(=O)Cn1ncc2c(=O)oc3ccccc3c21. The number of amides is 1. The molecule has 0 atom stereocenters. The Labute approximate surface area is 160 Å². The summed E-state index contributed by atoms with van der Waals surface area (Å²) in [5, 5.41) is 5.35. The van der Waals surface area contributed by atoms with E-state index in [2.05, 4.69) is 5.10 Å². The highest BCUT2D eigenvalue weighted by atomic mass is 16.5. The van der Waals surface area contributed by atoms with E-state index in [1.54, 1.807) is 19.2 Å². The number of benzene rings is 2. The van der Waals surface area contributed by atoms with Gasteiger partial charge in [0.1, 0.15) is 23.3 Å². The van der Waals surface area contributed by atoms with Crippen LogP contribution in [0.1, 0.15) is 6.92 Å². The number of carbonyl (C=O) groups is 1. The predicted octanol–water partition coefficient (Wildman–Crippen LogP) is 3.20. The van der Waals surface area contributed by atoms with Crippen molar-refractivity contribution in [3.05, 3.63) is 65.1 Å². The third-order valence-corrected chi connectivity index (χ3v) is 4.59. The van der Waals surface area contributed by atoms with Crippen LogP contribution in [0.15, 0.2) is 63.9 Å². The van der Waals surface area contributed by atoms with E-state index in [4.69, 9.17) is 9.15 Å². The molecule has 0 aliphatic heterocycles. The van der Waals surface area contributed by atoms with Crippen LogP contribution in [0.25, 0.3) is 21.9 Å². The lowest BCUT2D eigenvalue weighted by Crippen LogP contribution is -2.30. The van der Waals surface area contributed by atoms with Gasteiger partial charge in [0.05, 0.1) is 24.0 Å². The van der Waals surface area contributed by atoms with Gasteiger partial charge in [-0.15, -0.1) is 0 Å². The summed E-state index contributed by atoms with van der Waals surface area (Å²) in [6.07, 6.45) is 1.44. The van der Waals surface area contributed by atoms with Crippen LogP contribution in [-0.4, -0.2) is 29.3 Å². The highest BCUT2D eigenvalue weighted by molar-refractivity contribution is 6.03. The number of ether oxygens (including phenoxy) is 1. The maximum Gasteiger partial charge on any atom is 0.347 e. The first kappa shape index (κ1) is 17.8. The van der Waals surface area contributed by atoms with Crippen molar-refractivity contribution in [2.75, 3.05) is 18.6 Å². The molecule has 2 heterocycles. The Balaban J connectivity index is 1.73. The second-order valence-corrected chi connectivity index (χ2v) is 6.30. The van der Waals surface area contributed by atoms with E-state index >= 15 is 0 Å². The molecule has 1 amide bonds. The van der Waals surface area contributed by atoms with Crippen molar-refractivity contribution in [3.63, 3.8) is 0 Å². The molecule has 0 unspecified atom stereocenters. The highest BCUT2D eigenvalue weighted by Crippen LogP contribution is 2.28. The van der Waals surface area contributed by atoms with E-state index in [0.29, 0.717) is 34.5 Å². The molecule has 0 radical (unpaired) electrons. The molecule has 7 heteroatoms. The van der Waals surface area contributed by atoms with Crippen LogP contribution in [0.5, 0.6) is 5.75 Å². The molecule has 28 heavy (non-hydrogen) atoms. The zero-order valence-electron chi connectivity index (χ0n) is 15.6. The molecule has 0 spiro atoms. The van der Waals surface area contributed by atoms with Gasteiger partial charge in [0.2, 0.25) is 5.91 Å². The van der Waals surface area contributed by atoms with Crippen molar-refractivity contribution in [2.24, 2.45) is 0 Å². The molecule has 4 rings (SSSR count). The largest absolute Gasteiger partial charge is 0.492 e. The van der Waals surface area contributed by atoms with Gasteiger partial charge in [-0.3, -0.25) is 9.48 Å². The average molecular weight is 377 g/mol. The lowest BCUT2D eigenvalue weighted by Gasteiger charge is -2.20. The van der Waals surface area contributed by atoms with Crippen molar-refractivity contribution < 1.29 is 13.9 Å². The summed E-state index contributed by atoms with van der Waals surface area (Å²) < 4.78 is 12.5. The van der Waals surface area contributed by atoms with Crippen molar-refractivity contribution >= 4 is 33.5 Å². The molecule has 0 aliphatic rings. The smallest absolute Gasteiger partial charge is 0.347 e. The number of para-hydroxylation sites is 3. The normalized spacial score (nSPS) is 11.1. The van der Waals surface area contributed by atoms with Gasteiger partial charge in [-0.1, -0.05) is 24.3 Å². The Hall–Kier alpha value is -3.61. The van der Waals surface area contributed by atoms with E-state index in [1.807, 2.05) is 43.3 Å². The number of likely N-dealkylation sites (N-methyl/N-ethyl adjacent to an activating group) is 1. The fourth-order valence-corrected chi connectivity index (χ4v) is 3.23. The molecular weight excluding hydrogens is 358 g/mol. The second-order valence-electron chi connectivity index (χ2n) is 6.30. The Morgan fingerprint density at radius 3 is 2.71 bits per heavy atom. The van der Waals surface area contributed by atoms with Gasteiger partial charge in [-0.25, -0.2) is 4.79 Å². The van der Waals surface area contributed by atoms with Crippen LogP contribution in [0.4, 0.5) is 5.69 Å². The molecule has 0 saturated heterocycles. The number of carbonyl (C=O) groups excluding carboxylic acids is 1. The number of nitrogens with zero attached hydrogens (tertiary/aromatic N) is 3. The first-order chi connectivity index (χ1) is 13.6. The molecule has 2 aromatic carbocycles. The fraction of sp³-hybridized carbons (Fsp3) is 0.190. The number of hydrogen-bond donors (Lipinski definition) is 0. The summed E-state index contributed by atoms with van der Waals surface area (Å²) >= 11 is 0. The second kappa shape index (κ2) is 7.19. The Morgan fingerprint density at radius 2 is 1.89 bits per heavy atom. The van der Waals surface area contributed by atoms with Crippen LogP contribution in [0.2, 0.25) is 0 Å². The van der Waals surface area contributed by atoms with Crippen LogP contribution in [0, 0.1) is 0 Å². The number of anilines is 1. The zero-order valence-corrected chi connectivity index (χ0v) is 15.6. The summed E-state index contributed by atoms with van der Waals surface area (Å²) in [4.78, 5) is 26.7. The van der Waals surface area contributed by atoms with Crippen LogP contribution < -0.4 is 15.3 Å². The van der Waals surface area contributed by atoms with E-state index in [-0.39, 0.29) is 12.5 Å². The van der Waals surface area contributed by atoms with Gasteiger partial charge >= 0.3 is 5.63 Å². The summed E-state index contributed by atoms with van der Waals surface area (Å²) in [5.41, 5.74) is 1.26. The zero-order chi connectivity index (χ0) is 19.7. The summed E-state index contributed by atoms with van der Waals surface area (Å²) in [6, 6.07) is 14.6. The van der Waals surface area contributed by atoms with Crippen molar-refractivity contribution in [3.8, 4) is 5.75 Å². The van der Waals surface area contributed by atoms with Gasteiger partial charge in [-0.2, -0.15) is 5.10 Å². The molecule has 7 nitrogen and oxygen atoms in total. The summed E-state index contributed by atoms with van der Waals surface area (Å²) in [5.74, 6) is 0.451. The van der Waals surface area contributed by atoms with E-state index in [1.165, 1.54) is 15.8 Å². The van der Waals surface area contributed by atoms with Crippen LogP contribution in [0.3, 0.4) is 0 Å². The van der Waals surface area contributed by atoms with Crippen LogP contribution >= 0.6 is 0 Å². The summed E-state index contributed by atoms with van der Waals surface area (Å²) in [6.45, 7) is 2.38. The van der Waals surface area contributed by atoms with Crippen molar-refractivity contribution in [1.82, 2.24) is 9.78 Å². The monoisotopic (exact) mass is 377 g/mol. The quantitative estimate of drug-likeness (QED) is 0.499. The molecular formula is C21H19N3O4. The van der Waals surface area contributed by atoms with Gasteiger partial charge in [0.15, 0.2) is 0 Å². The van der Waals surface area contributed by atoms with E-state index in [0.717, 1.165) is 5.39 Å². The standard InChI is InChI=1S/C21H19N3O4/c1-3-27-18-11-7-5-9-16(18)23(2)19(25)13-24-20-14-8-4-6-10-17(14)28-21(26)15(20)12-22-24/h4-12H,3,13H2,1-2H3. The lowest BCUT2D eigenvalue weighted by atomic mass is 10.2. The first-order valence-electron chi connectivity index (χ1n) is 8.96. The Morgan fingerprint density at radius 1 is 1.14 bits per heavy atom. The Kier molecular flexibility index (Phi) is 4.57.